The summed E-state index contributed by atoms with van der Waals surface area (Å²) in [7, 11) is 0. The highest BCUT2D eigenvalue weighted by molar-refractivity contribution is 5.85. The van der Waals surface area contributed by atoms with Gasteiger partial charge >= 0.3 is 6.18 Å². The first-order valence-corrected chi connectivity index (χ1v) is 8.01. The third-order valence-corrected chi connectivity index (χ3v) is 4.93. The second-order valence-electron chi connectivity index (χ2n) is 6.56. The second-order valence-corrected chi connectivity index (χ2v) is 6.56. The lowest BCUT2D eigenvalue weighted by Gasteiger charge is -2.27. The minimum atomic E-state index is -4.41. The molecule has 3 N–H and O–H groups in total. The first kappa shape index (κ1) is 22.8. The third kappa shape index (κ3) is 5.37. The topological polar surface area (TPSA) is 77.2 Å². The van der Waals surface area contributed by atoms with Crippen LogP contribution in [0.5, 0.6) is 5.88 Å². The summed E-state index contributed by atoms with van der Waals surface area (Å²) in [6.45, 7) is -1.18. The molecule has 3 rings (SSSR count). The number of halogens is 5. The average molecular weight is 416 g/mol. The van der Waals surface area contributed by atoms with Gasteiger partial charge in [-0.15, -0.1) is 24.8 Å². The van der Waals surface area contributed by atoms with E-state index in [4.69, 9.17) is 5.73 Å². The quantitative estimate of drug-likeness (QED) is 0.774. The first-order valence-electron chi connectivity index (χ1n) is 8.01. The Balaban J connectivity index is 0.00000169. The van der Waals surface area contributed by atoms with Gasteiger partial charge in [-0.3, -0.25) is 4.79 Å². The molecule has 0 aliphatic heterocycles. The van der Waals surface area contributed by atoms with Crippen molar-refractivity contribution in [1.29, 1.82) is 0 Å². The predicted molar refractivity (Wildman–Crippen MR) is 94.4 cm³/mol. The molecule has 10 heteroatoms. The minimum absolute atomic E-state index is 0. The Morgan fingerprint density at radius 3 is 2.62 bits per heavy atom. The number of carbonyl (C=O) groups is 1. The molecule has 1 amide bonds. The summed E-state index contributed by atoms with van der Waals surface area (Å²) in [5.74, 6) is 0.439. The predicted octanol–water partition coefficient (Wildman–Crippen LogP) is 2.86. The highest BCUT2D eigenvalue weighted by Gasteiger charge is 2.48. The smallest absolute Gasteiger partial charge is 0.422 e. The number of alkyl halides is 3. The van der Waals surface area contributed by atoms with Crippen LogP contribution < -0.4 is 15.8 Å². The van der Waals surface area contributed by atoms with E-state index in [1.54, 1.807) is 6.07 Å². The van der Waals surface area contributed by atoms with Gasteiger partial charge in [0.15, 0.2) is 6.61 Å². The van der Waals surface area contributed by atoms with Gasteiger partial charge in [-0.2, -0.15) is 13.2 Å². The number of pyridine rings is 1. The number of ether oxygens (including phenoxy) is 1. The fraction of sp³-hybridized carbons (Fsp3) is 0.625. The van der Waals surface area contributed by atoms with Crippen molar-refractivity contribution in [3.63, 3.8) is 0 Å². The Morgan fingerprint density at radius 2 is 2.00 bits per heavy atom. The molecule has 4 unspecified atom stereocenters. The molecule has 0 spiro atoms. The molecule has 26 heavy (non-hydrogen) atoms. The van der Waals surface area contributed by atoms with Crippen molar-refractivity contribution in [3.05, 3.63) is 23.9 Å². The van der Waals surface area contributed by atoms with Crippen LogP contribution in [0.1, 0.15) is 24.8 Å². The van der Waals surface area contributed by atoms with Crippen LogP contribution in [0.2, 0.25) is 0 Å². The first-order chi connectivity index (χ1) is 11.3. The maximum Gasteiger partial charge on any atom is 0.422 e. The molecule has 2 aliphatic rings. The summed E-state index contributed by atoms with van der Waals surface area (Å²) in [4.78, 5) is 16.1. The van der Waals surface area contributed by atoms with Crippen LogP contribution in [0.25, 0.3) is 0 Å². The molecule has 148 valence electrons. The van der Waals surface area contributed by atoms with E-state index in [1.807, 2.05) is 0 Å². The Labute approximate surface area is 162 Å². The number of aromatic nitrogens is 1. The van der Waals surface area contributed by atoms with Gasteiger partial charge in [0.25, 0.3) is 0 Å². The number of carbonyl (C=O) groups excluding carboxylic acids is 1. The van der Waals surface area contributed by atoms with Crippen LogP contribution in [-0.4, -0.2) is 29.7 Å². The molecule has 2 saturated carbocycles. The summed E-state index contributed by atoms with van der Waals surface area (Å²) in [6, 6.07) is 2.93. The minimum Gasteiger partial charge on any atom is -0.468 e. The van der Waals surface area contributed by atoms with Gasteiger partial charge < -0.3 is 15.8 Å². The lowest BCUT2D eigenvalue weighted by molar-refractivity contribution is -0.154. The number of rotatable bonds is 5. The largest absolute Gasteiger partial charge is 0.468 e. The Bertz CT molecular complexity index is 617. The van der Waals surface area contributed by atoms with E-state index in [0.717, 1.165) is 19.3 Å². The van der Waals surface area contributed by atoms with Gasteiger partial charge in [0.2, 0.25) is 11.8 Å². The summed E-state index contributed by atoms with van der Waals surface area (Å²) >= 11 is 0. The van der Waals surface area contributed by atoms with Gasteiger partial charge in [0.05, 0.1) is 5.92 Å². The van der Waals surface area contributed by atoms with Crippen molar-refractivity contribution < 1.29 is 22.7 Å². The standard InChI is InChI=1S/C16H20F3N3O2.2ClH/c17-16(18,19)8-24-12-5-9(3-4-21-12)7-22-15(23)13-10-1-2-11(6-10)14(13)20;;/h3-5,10-11,13-14H,1-2,6-8,20H2,(H,22,23);2*1H. The van der Waals surface area contributed by atoms with E-state index in [9.17, 15) is 18.0 Å². The molecule has 1 aromatic rings. The molecule has 2 fully saturated rings. The van der Waals surface area contributed by atoms with E-state index in [0.29, 0.717) is 17.4 Å². The van der Waals surface area contributed by atoms with Crippen LogP contribution in [0, 0.1) is 17.8 Å². The normalized spacial score (nSPS) is 26.6. The number of nitrogens with zero attached hydrogens (tertiary/aromatic N) is 1. The number of amides is 1. The van der Waals surface area contributed by atoms with Crippen LogP contribution >= 0.6 is 24.8 Å². The summed E-state index contributed by atoms with van der Waals surface area (Å²) in [6.07, 6.45) is 0.102. The molecule has 5 nitrogen and oxygen atoms in total. The van der Waals surface area contributed by atoms with Gasteiger partial charge in [0.1, 0.15) is 0 Å². The van der Waals surface area contributed by atoms with Gasteiger partial charge in [-0.05, 0) is 42.7 Å². The second kappa shape index (κ2) is 9.10. The van der Waals surface area contributed by atoms with Gasteiger partial charge in [0, 0.05) is 24.8 Å². The number of hydrogen-bond acceptors (Lipinski definition) is 4. The van der Waals surface area contributed by atoms with E-state index < -0.39 is 12.8 Å². The van der Waals surface area contributed by atoms with Crippen molar-refractivity contribution in [2.75, 3.05) is 6.61 Å². The van der Waals surface area contributed by atoms with E-state index >= 15 is 0 Å². The molecule has 2 bridgehead atoms. The van der Waals surface area contributed by atoms with Gasteiger partial charge in [-0.1, -0.05) is 0 Å². The maximum absolute atomic E-state index is 12.4. The molecule has 1 heterocycles. The van der Waals surface area contributed by atoms with E-state index in [2.05, 4.69) is 15.0 Å². The molecule has 2 aliphatic carbocycles. The van der Waals surface area contributed by atoms with Crippen molar-refractivity contribution >= 4 is 30.7 Å². The zero-order chi connectivity index (χ0) is 17.3. The molecular weight excluding hydrogens is 394 g/mol. The lowest BCUT2D eigenvalue weighted by Crippen LogP contribution is -2.45. The highest BCUT2D eigenvalue weighted by atomic mass is 35.5. The summed E-state index contributed by atoms with van der Waals surface area (Å²) in [5.41, 5.74) is 6.77. The molecular formula is C16H22Cl2F3N3O2. The molecule has 4 atom stereocenters. The Kier molecular flexibility index (Phi) is 7.98. The number of fused-ring (bicyclic) bond motifs is 2. The van der Waals surface area contributed by atoms with Crippen molar-refractivity contribution in [2.45, 2.75) is 38.0 Å². The SMILES string of the molecule is Cl.Cl.NC1C2CCC(C2)C1C(=O)NCc1ccnc(OCC(F)(F)F)c1. The number of nitrogens with one attached hydrogen (secondary N) is 1. The average Bonchev–Trinajstić information content (AvgIpc) is 3.11. The maximum atomic E-state index is 12.4. The zero-order valence-electron chi connectivity index (χ0n) is 13.9. The number of nitrogens with two attached hydrogens (primary N) is 1. The lowest BCUT2D eigenvalue weighted by atomic mass is 9.84. The Morgan fingerprint density at radius 1 is 1.31 bits per heavy atom. The highest BCUT2D eigenvalue weighted by Crippen LogP contribution is 2.47. The Hall–Kier alpha value is -1.25. The molecule has 1 aromatic heterocycles. The summed E-state index contributed by atoms with van der Waals surface area (Å²) < 4.78 is 41.1. The van der Waals surface area contributed by atoms with Crippen molar-refractivity contribution in [3.8, 4) is 5.88 Å². The number of hydrogen-bond donors (Lipinski definition) is 2. The van der Waals surface area contributed by atoms with Crippen molar-refractivity contribution in [2.24, 2.45) is 23.5 Å². The van der Waals surface area contributed by atoms with Crippen LogP contribution in [-0.2, 0) is 11.3 Å². The van der Waals surface area contributed by atoms with Crippen LogP contribution in [0.4, 0.5) is 13.2 Å². The molecule has 0 radical (unpaired) electrons. The monoisotopic (exact) mass is 415 g/mol. The van der Waals surface area contributed by atoms with Crippen LogP contribution in [0.15, 0.2) is 18.3 Å². The fourth-order valence-electron chi connectivity index (χ4n) is 3.83. The van der Waals surface area contributed by atoms with Gasteiger partial charge in [-0.25, -0.2) is 4.98 Å². The summed E-state index contributed by atoms with van der Waals surface area (Å²) in [5, 5.41) is 2.83. The van der Waals surface area contributed by atoms with E-state index in [-0.39, 0.29) is 55.1 Å². The zero-order valence-corrected chi connectivity index (χ0v) is 15.5. The molecule has 0 saturated heterocycles. The van der Waals surface area contributed by atoms with Crippen molar-refractivity contribution in [1.82, 2.24) is 10.3 Å². The molecule has 0 aromatic carbocycles. The third-order valence-electron chi connectivity index (χ3n) is 4.93. The fourth-order valence-corrected chi connectivity index (χ4v) is 3.83. The van der Waals surface area contributed by atoms with E-state index in [1.165, 1.54) is 12.3 Å². The van der Waals surface area contributed by atoms with Crippen LogP contribution in [0.3, 0.4) is 0 Å².